The molecule has 162 valence electrons. The standard InChI is InChI=1S/C24H27N3O4/c1-17-4-3-5-18(2)27(17)23(28)16-31-22-10-6-19(7-11-22)24(29)26-20-8-12-21(13-9-20)30-15-14-25/h6-13,17-18H,3-5,15-16H2,1-2H3,(H,26,29). The molecule has 1 N–H and O–H groups in total. The summed E-state index contributed by atoms with van der Waals surface area (Å²) in [5, 5.41) is 11.3. The van der Waals surface area contributed by atoms with E-state index >= 15 is 0 Å². The Morgan fingerprint density at radius 1 is 1.00 bits per heavy atom. The van der Waals surface area contributed by atoms with Gasteiger partial charge in [0.1, 0.15) is 17.6 Å². The number of carbonyl (C=O) groups excluding carboxylic acids is 2. The Hall–Kier alpha value is -3.53. The fourth-order valence-corrected chi connectivity index (χ4v) is 3.79. The lowest BCUT2D eigenvalue weighted by molar-refractivity contribution is -0.139. The average molecular weight is 421 g/mol. The number of nitriles is 1. The highest BCUT2D eigenvalue weighted by Gasteiger charge is 2.28. The maximum absolute atomic E-state index is 12.6. The van der Waals surface area contributed by atoms with E-state index < -0.39 is 0 Å². The second kappa shape index (κ2) is 10.5. The molecule has 2 amide bonds. The van der Waals surface area contributed by atoms with Crippen LogP contribution in [0, 0.1) is 11.3 Å². The molecule has 0 spiro atoms. The maximum Gasteiger partial charge on any atom is 0.260 e. The Labute approximate surface area is 182 Å². The first-order chi connectivity index (χ1) is 15.0. The van der Waals surface area contributed by atoms with Gasteiger partial charge in [0.15, 0.2) is 13.2 Å². The van der Waals surface area contributed by atoms with Crippen LogP contribution in [0.25, 0.3) is 0 Å². The number of likely N-dealkylation sites (tertiary alicyclic amines) is 1. The molecule has 7 heteroatoms. The van der Waals surface area contributed by atoms with E-state index in [2.05, 4.69) is 19.2 Å². The van der Waals surface area contributed by atoms with Gasteiger partial charge < -0.3 is 19.7 Å². The molecule has 2 unspecified atom stereocenters. The molecule has 0 aliphatic carbocycles. The van der Waals surface area contributed by atoms with E-state index in [1.165, 1.54) is 0 Å². The Bertz CT molecular complexity index is 925. The summed E-state index contributed by atoms with van der Waals surface area (Å²) in [5.74, 6) is 0.832. The van der Waals surface area contributed by atoms with Crippen molar-refractivity contribution in [2.75, 3.05) is 18.5 Å². The Morgan fingerprint density at radius 2 is 1.58 bits per heavy atom. The van der Waals surface area contributed by atoms with E-state index in [9.17, 15) is 9.59 Å². The minimum Gasteiger partial charge on any atom is -0.484 e. The van der Waals surface area contributed by atoms with Crippen LogP contribution in [-0.2, 0) is 4.79 Å². The summed E-state index contributed by atoms with van der Waals surface area (Å²) in [6.45, 7) is 4.12. The summed E-state index contributed by atoms with van der Waals surface area (Å²) in [4.78, 5) is 26.9. The van der Waals surface area contributed by atoms with Gasteiger partial charge in [0.2, 0.25) is 0 Å². The van der Waals surface area contributed by atoms with E-state index in [0.29, 0.717) is 22.7 Å². The van der Waals surface area contributed by atoms with Gasteiger partial charge in [-0.2, -0.15) is 5.26 Å². The van der Waals surface area contributed by atoms with Crippen molar-refractivity contribution in [3.63, 3.8) is 0 Å². The Kier molecular flexibility index (Phi) is 7.50. The molecule has 1 aliphatic rings. The number of amides is 2. The SMILES string of the molecule is CC1CCCC(C)N1C(=O)COc1ccc(C(=O)Nc2ccc(OCC#N)cc2)cc1. The number of benzene rings is 2. The predicted molar refractivity (Wildman–Crippen MR) is 117 cm³/mol. The molecule has 2 aromatic carbocycles. The lowest BCUT2D eigenvalue weighted by Gasteiger charge is -2.38. The van der Waals surface area contributed by atoms with Crippen LogP contribution in [0.4, 0.5) is 5.69 Å². The second-order valence-electron chi connectivity index (χ2n) is 7.67. The van der Waals surface area contributed by atoms with Gasteiger partial charge in [-0.05, 0) is 81.6 Å². The Morgan fingerprint density at radius 3 is 2.19 bits per heavy atom. The van der Waals surface area contributed by atoms with E-state index in [0.717, 1.165) is 19.3 Å². The third kappa shape index (κ3) is 5.98. The number of nitrogens with zero attached hydrogens (tertiary/aromatic N) is 2. The molecule has 1 heterocycles. The van der Waals surface area contributed by atoms with Crippen molar-refractivity contribution in [3.8, 4) is 17.6 Å². The van der Waals surface area contributed by atoms with Crippen LogP contribution in [0.3, 0.4) is 0 Å². The van der Waals surface area contributed by atoms with E-state index in [-0.39, 0.29) is 37.1 Å². The van der Waals surface area contributed by atoms with Gasteiger partial charge in [0.25, 0.3) is 11.8 Å². The molecule has 7 nitrogen and oxygen atoms in total. The first-order valence-electron chi connectivity index (χ1n) is 10.4. The van der Waals surface area contributed by atoms with Gasteiger partial charge >= 0.3 is 0 Å². The second-order valence-corrected chi connectivity index (χ2v) is 7.67. The molecule has 2 atom stereocenters. The zero-order valence-electron chi connectivity index (χ0n) is 17.8. The lowest BCUT2D eigenvalue weighted by Crippen LogP contribution is -2.49. The van der Waals surface area contributed by atoms with E-state index in [4.69, 9.17) is 14.7 Å². The third-order valence-corrected chi connectivity index (χ3v) is 5.38. The molecule has 0 saturated carbocycles. The molecular formula is C24H27N3O4. The van der Waals surface area contributed by atoms with Crippen molar-refractivity contribution in [2.24, 2.45) is 0 Å². The van der Waals surface area contributed by atoms with Crippen LogP contribution in [0.15, 0.2) is 48.5 Å². The highest BCUT2D eigenvalue weighted by atomic mass is 16.5. The first-order valence-corrected chi connectivity index (χ1v) is 10.4. The number of nitrogens with one attached hydrogen (secondary N) is 1. The molecule has 0 aromatic heterocycles. The fraction of sp³-hybridized carbons (Fsp3) is 0.375. The van der Waals surface area contributed by atoms with Crippen molar-refractivity contribution < 1.29 is 19.1 Å². The number of hydrogen-bond donors (Lipinski definition) is 1. The zero-order chi connectivity index (χ0) is 22.2. The fourth-order valence-electron chi connectivity index (χ4n) is 3.79. The monoisotopic (exact) mass is 421 g/mol. The molecule has 0 bridgehead atoms. The van der Waals surface area contributed by atoms with Gasteiger partial charge in [-0.25, -0.2) is 0 Å². The predicted octanol–water partition coefficient (Wildman–Crippen LogP) is 4.01. The minimum absolute atomic E-state index is 0.0104. The number of piperidine rings is 1. The van der Waals surface area contributed by atoms with Gasteiger partial charge in [-0.3, -0.25) is 9.59 Å². The number of ether oxygens (including phenoxy) is 2. The van der Waals surface area contributed by atoms with E-state index in [1.54, 1.807) is 48.5 Å². The quantitative estimate of drug-likeness (QED) is 0.729. The largest absolute Gasteiger partial charge is 0.484 e. The molecule has 1 fully saturated rings. The summed E-state index contributed by atoms with van der Waals surface area (Å²) in [6, 6.07) is 15.8. The summed E-state index contributed by atoms with van der Waals surface area (Å²) in [5.41, 5.74) is 1.09. The number of carbonyl (C=O) groups is 2. The molecular weight excluding hydrogens is 394 g/mol. The van der Waals surface area contributed by atoms with Crippen molar-refractivity contribution >= 4 is 17.5 Å². The van der Waals surface area contributed by atoms with Crippen LogP contribution in [0.5, 0.6) is 11.5 Å². The number of rotatable bonds is 7. The van der Waals surface area contributed by atoms with Crippen molar-refractivity contribution in [1.29, 1.82) is 5.26 Å². The summed E-state index contributed by atoms with van der Waals surface area (Å²) in [7, 11) is 0. The first kappa shape index (κ1) is 22.2. The molecule has 3 rings (SSSR count). The average Bonchev–Trinajstić information content (AvgIpc) is 2.77. The molecule has 2 aromatic rings. The summed E-state index contributed by atoms with van der Waals surface area (Å²) >= 11 is 0. The minimum atomic E-state index is -0.260. The lowest BCUT2D eigenvalue weighted by atomic mass is 9.97. The van der Waals surface area contributed by atoms with Crippen LogP contribution in [0.1, 0.15) is 43.5 Å². The van der Waals surface area contributed by atoms with Crippen LogP contribution < -0.4 is 14.8 Å². The Balaban J connectivity index is 1.52. The number of anilines is 1. The van der Waals surface area contributed by atoms with E-state index in [1.807, 2.05) is 11.0 Å². The van der Waals surface area contributed by atoms with Gasteiger partial charge in [0.05, 0.1) is 0 Å². The van der Waals surface area contributed by atoms with Gasteiger partial charge in [0, 0.05) is 23.3 Å². The van der Waals surface area contributed by atoms with Crippen LogP contribution >= 0.6 is 0 Å². The highest BCUT2D eigenvalue weighted by molar-refractivity contribution is 6.04. The van der Waals surface area contributed by atoms with Crippen LogP contribution in [-0.4, -0.2) is 42.0 Å². The van der Waals surface area contributed by atoms with Gasteiger partial charge in [-0.15, -0.1) is 0 Å². The van der Waals surface area contributed by atoms with Crippen molar-refractivity contribution in [3.05, 3.63) is 54.1 Å². The smallest absolute Gasteiger partial charge is 0.260 e. The highest BCUT2D eigenvalue weighted by Crippen LogP contribution is 2.23. The topological polar surface area (TPSA) is 91.7 Å². The van der Waals surface area contributed by atoms with Gasteiger partial charge in [-0.1, -0.05) is 0 Å². The van der Waals surface area contributed by atoms with Crippen LogP contribution in [0.2, 0.25) is 0 Å². The molecule has 1 saturated heterocycles. The van der Waals surface area contributed by atoms with Crippen molar-refractivity contribution in [2.45, 2.75) is 45.2 Å². The normalized spacial score (nSPS) is 18.0. The summed E-state index contributed by atoms with van der Waals surface area (Å²) in [6.07, 6.45) is 3.20. The molecule has 1 aliphatic heterocycles. The summed E-state index contributed by atoms with van der Waals surface area (Å²) < 4.78 is 10.8. The maximum atomic E-state index is 12.6. The molecule has 31 heavy (non-hydrogen) atoms. The third-order valence-electron chi connectivity index (χ3n) is 5.38. The zero-order valence-corrected chi connectivity index (χ0v) is 17.8. The number of hydrogen-bond acceptors (Lipinski definition) is 5. The van der Waals surface area contributed by atoms with Crippen molar-refractivity contribution in [1.82, 2.24) is 4.90 Å². The molecule has 0 radical (unpaired) electrons.